The van der Waals surface area contributed by atoms with Crippen LogP contribution in [0.5, 0.6) is 5.75 Å². The zero-order valence-corrected chi connectivity index (χ0v) is 25.3. The lowest BCUT2D eigenvalue weighted by atomic mass is 10.00. The van der Waals surface area contributed by atoms with Crippen LogP contribution in [0.15, 0.2) is 103 Å². The van der Waals surface area contributed by atoms with Gasteiger partial charge in [0.15, 0.2) is 0 Å². The van der Waals surface area contributed by atoms with Crippen molar-refractivity contribution < 1.29 is 15.0 Å². The van der Waals surface area contributed by atoms with Crippen LogP contribution in [0.4, 0.5) is 11.4 Å². The fourth-order valence-corrected chi connectivity index (χ4v) is 5.05. The number of phenols is 1. The number of phenolic OH excluding ortho intramolecular Hbond substituents is 1. The molecule has 7 heteroatoms. The molecule has 0 bridgehead atoms. The molecule has 0 spiro atoms. The Morgan fingerprint density at radius 1 is 0.837 bits per heavy atom. The van der Waals surface area contributed by atoms with Crippen molar-refractivity contribution in [1.29, 1.82) is 0 Å². The van der Waals surface area contributed by atoms with Crippen molar-refractivity contribution in [3.63, 3.8) is 0 Å². The first-order valence-corrected chi connectivity index (χ1v) is 15.1. The van der Waals surface area contributed by atoms with Crippen LogP contribution in [0, 0.1) is 0 Å². The first-order valence-electron chi connectivity index (χ1n) is 15.1. The number of aliphatic hydroxyl groups excluding tert-OH is 1. The van der Waals surface area contributed by atoms with Crippen LogP contribution < -0.4 is 16.0 Å². The fourth-order valence-electron chi connectivity index (χ4n) is 5.05. The Morgan fingerprint density at radius 2 is 1.47 bits per heavy atom. The molecule has 5 N–H and O–H groups in total. The molecule has 0 aliphatic heterocycles. The molecule has 226 valence electrons. The van der Waals surface area contributed by atoms with Gasteiger partial charge in [-0.05, 0) is 80.0 Å². The molecule has 7 nitrogen and oxygen atoms in total. The van der Waals surface area contributed by atoms with Gasteiger partial charge in [0.2, 0.25) is 0 Å². The minimum Gasteiger partial charge on any atom is -0.508 e. The lowest BCUT2D eigenvalue weighted by Crippen LogP contribution is -2.49. The average Bonchev–Trinajstić information content (AvgIpc) is 3.04. The molecule has 0 aliphatic rings. The van der Waals surface area contributed by atoms with E-state index in [-0.39, 0.29) is 17.7 Å². The number of amides is 1. The van der Waals surface area contributed by atoms with Crippen LogP contribution in [0.3, 0.4) is 0 Å². The quantitative estimate of drug-likeness (QED) is 0.110. The predicted octanol–water partition coefficient (Wildman–Crippen LogP) is 6.03. The highest BCUT2D eigenvalue weighted by Crippen LogP contribution is 2.26. The van der Waals surface area contributed by atoms with E-state index < -0.39 is 12.1 Å². The van der Waals surface area contributed by atoms with Crippen molar-refractivity contribution in [2.75, 3.05) is 25.0 Å². The number of hydrogen-bond donors (Lipinski definition) is 5. The Labute approximate surface area is 255 Å². The minimum atomic E-state index is -0.795. The van der Waals surface area contributed by atoms with E-state index in [0.717, 1.165) is 41.2 Å². The molecule has 4 aromatic carbocycles. The Kier molecular flexibility index (Phi) is 11.7. The van der Waals surface area contributed by atoms with E-state index in [1.54, 1.807) is 18.2 Å². The molecule has 1 amide bonds. The fraction of sp³-hybridized carbons (Fsp3) is 0.306. The summed E-state index contributed by atoms with van der Waals surface area (Å²) in [5.74, 6) is 0.0372. The van der Waals surface area contributed by atoms with Crippen LogP contribution in [0.2, 0.25) is 0 Å². The number of carbonyl (C=O) groups is 1. The molecule has 0 unspecified atom stereocenters. The summed E-state index contributed by atoms with van der Waals surface area (Å²) in [7, 11) is 0. The predicted molar refractivity (Wildman–Crippen MR) is 175 cm³/mol. The number of nitrogens with zero attached hydrogens (tertiary/aromatic N) is 1. The zero-order chi connectivity index (χ0) is 30.6. The van der Waals surface area contributed by atoms with E-state index in [2.05, 4.69) is 53.8 Å². The van der Waals surface area contributed by atoms with Crippen molar-refractivity contribution in [1.82, 2.24) is 15.5 Å². The van der Waals surface area contributed by atoms with Crippen LogP contribution in [-0.2, 0) is 13.0 Å². The first kappa shape index (κ1) is 31.8. The van der Waals surface area contributed by atoms with Crippen molar-refractivity contribution in [2.24, 2.45) is 0 Å². The van der Waals surface area contributed by atoms with Gasteiger partial charge in [-0.1, -0.05) is 74.5 Å². The third-order valence-corrected chi connectivity index (χ3v) is 7.82. The van der Waals surface area contributed by atoms with E-state index >= 15 is 0 Å². The number of hydrogen-bond acceptors (Lipinski definition) is 6. The summed E-state index contributed by atoms with van der Waals surface area (Å²) in [6.45, 7) is 9.09. The monoisotopic (exact) mass is 580 g/mol. The number of rotatable bonds is 15. The molecule has 0 heterocycles. The summed E-state index contributed by atoms with van der Waals surface area (Å²) in [5.41, 5.74) is 5.24. The summed E-state index contributed by atoms with van der Waals surface area (Å²) in [5, 5.41) is 31.4. The van der Waals surface area contributed by atoms with E-state index in [9.17, 15) is 15.0 Å². The Hall–Kier alpha value is -4.17. The Balaban J connectivity index is 1.41. The van der Waals surface area contributed by atoms with Gasteiger partial charge < -0.3 is 26.2 Å². The molecule has 0 aromatic heterocycles. The summed E-state index contributed by atoms with van der Waals surface area (Å²) >= 11 is 0. The largest absolute Gasteiger partial charge is 0.508 e. The van der Waals surface area contributed by atoms with Gasteiger partial charge in [-0.3, -0.25) is 9.69 Å². The topological polar surface area (TPSA) is 96.9 Å². The molecular formula is C36H44N4O3. The van der Waals surface area contributed by atoms with Gasteiger partial charge in [0.1, 0.15) is 5.75 Å². The van der Waals surface area contributed by atoms with E-state index in [0.29, 0.717) is 25.1 Å². The third-order valence-electron chi connectivity index (χ3n) is 7.82. The van der Waals surface area contributed by atoms with Gasteiger partial charge in [0.25, 0.3) is 5.91 Å². The highest BCUT2D eigenvalue weighted by atomic mass is 16.3. The maximum absolute atomic E-state index is 13.3. The standard InChI is InChI=1S/C36H44N4O3/c1-4-40(5-2)25-30-23-32(20-21-34(30)41)38-31-18-16-29(17-19-31)36(43)39-33(22-27-12-8-6-9-13-27)35(42)24-37-26(3)28-14-10-7-11-15-28/h6-21,23,26,33,35,37-38,41-42H,4-5,22,24-25H2,1-3H3,(H,39,43)/t26-,33+,35-/m1/s1. The number of benzene rings is 4. The summed E-state index contributed by atoms with van der Waals surface area (Å²) in [6, 6.07) is 32.3. The number of anilines is 2. The number of aliphatic hydroxyl groups is 1. The molecule has 4 aromatic rings. The van der Waals surface area contributed by atoms with Crippen molar-refractivity contribution >= 4 is 17.3 Å². The molecule has 0 saturated heterocycles. The summed E-state index contributed by atoms with van der Waals surface area (Å²) in [4.78, 5) is 15.6. The number of aromatic hydroxyl groups is 1. The zero-order valence-electron chi connectivity index (χ0n) is 25.3. The highest BCUT2D eigenvalue weighted by molar-refractivity contribution is 5.94. The second-order valence-electron chi connectivity index (χ2n) is 10.9. The SMILES string of the molecule is CCN(CC)Cc1cc(Nc2ccc(C(=O)N[C@@H](Cc3ccccc3)[C@H](O)CN[C@H](C)c3ccccc3)cc2)ccc1O. The number of nitrogens with one attached hydrogen (secondary N) is 3. The molecule has 43 heavy (non-hydrogen) atoms. The molecule has 4 rings (SSSR count). The second-order valence-corrected chi connectivity index (χ2v) is 10.9. The highest BCUT2D eigenvalue weighted by Gasteiger charge is 2.23. The molecule has 0 radical (unpaired) electrons. The summed E-state index contributed by atoms with van der Waals surface area (Å²) in [6.07, 6.45) is -0.290. The van der Waals surface area contributed by atoms with Crippen LogP contribution in [0.1, 0.15) is 53.9 Å². The van der Waals surface area contributed by atoms with Crippen molar-refractivity contribution in [3.8, 4) is 5.75 Å². The van der Waals surface area contributed by atoms with Crippen molar-refractivity contribution in [3.05, 3.63) is 125 Å². The van der Waals surface area contributed by atoms with Gasteiger partial charge >= 0.3 is 0 Å². The Bertz CT molecular complexity index is 1410. The number of carbonyl (C=O) groups excluding carboxylic acids is 1. The second kappa shape index (κ2) is 15.9. The van der Waals surface area contributed by atoms with Crippen LogP contribution in [-0.4, -0.2) is 52.8 Å². The Morgan fingerprint density at radius 3 is 2.12 bits per heavy atom. The van der Waals surface area contributed by atoms with E-state index in [4.69, 9.17) is 0 Å². The van der Waals surface area contributed by atoms with Gasteiger partial charge in [0.05, 0.1) is 12.1 Å². The lowest BCUT2D eigenvalue weighted by Gasteiger charge is -2.26. The van der Waals surface area contributed by atoms with Gasteiger partial charge in [0, 0.05) is 41.6 Å². The van der Waals surface area contributed by atoms with Crippen LogP contribution in [0.25, 0.3) is 0 Å². The maximum Gasteiger partial charge on any atom is 0.251 e. The van der Waals surface area contributed by atoms with Gasteiger partial charge in [-0.2, -0.15) is 0 Å². The molecular weight excluding hydrogens is 536 g/mol. The minimum absolute atomic E-state index is 0.0610. The van der Waals surface area contributed by atoms with E-state index in [1.165, 1.54) is 0 Å². The van der Waals surface area contributed by atoms with E-state index in [1.807, 2.05) is 72.8 Å². The normalized spacial score (nSPS) is 13.3. The average molecular weight is 581 g/mol. The van der Waals surface area contributed by atoms with Gasteiger partial charge in [-0.15, -0.1) is 0 Å². The molecule has 0 saturated carbocycles. The third kappa shape index (κ3) is 9.41. The van der Waals surface area contributed by atoms with Gasteiger partial charge in [-0.25, -0.2) is 0 Å². The van der Waals surface area contributed by atoms with Crippen LogP contribution >= 0.6 is 0 Å². The molecule has 0 aliphatic carbocycles. The summed E-state index contributed by atoms with van der Waals surface area (Å²) < 4.78 is 0. The molecule has 0 fully saturated rings. The maximum atomic E-state index is 13.3. The molecule has 3 atom stereocenters. The van der Waals surface area contributed by atoms with Crippen molar-refractivity contribution in [2.45, 2.75) is 51.9 Å². The first-order chi connectivity index (χ1) is 20.9. The lowest BCUT2D eigenvalue weighted by molar-refractivity contribution is 0.0826. The smallest absolute Gasteiger partial charge is 0.251 e.